The predicted molar refractivity (Wildman–Crippen MR) is 124 cm³/mol. The highest BCUT2D eigenvalue weighted by Gasteiger charge is 2.28. The molecule has 0 amide bonds. The molecule has 0 saturated carbocycles. The number of benzene rings is 3. The van der Waals surface area contributed by atoms with Gasteiger partial charge in [-0.3, -0.25) is 10.3 Å². The maximum atomic E-state index is 13.8. The number of para-hydroxylation sites is 1. The number of nitrogens with zero attached hydrogens (tertiary/aromatic N) is 1. The van der Waals surface area contributed by atoms with E-state index in [1.54, 1.807) is 18.2 Å². The SMILES string of the molecule is CCOc1cccc([C@H]2CC(c3ccc(C)cc3)=N[C@@H](c3ccc(F)c(Br)c3)N2)c1O. The van der Waals surface area contributed by atoms with E-state index in [0.29, 0.717) is 23.2 Å². The third-order valence-electron chi connectivity index (χ3n) is 5.39. The van der Waals surface area contributed by atoms with Crippen molar-refractivity contribution >= 4 is 21.6 Å². The summed E-state index contributed by atoms with van der Waals surface area (Å²) in [5, 5.41) is 14.3. The standard InChI is InChI=1S/C25H24BrFN2O2/c1-3-31-23-6-4-5-18(24(23)30)22-14-21(16-9-7-15(2)8-10-16)28-25(29-22)17-11-12-20(27)19(26)13-17/h4-13,22,25,29-30H,3,14H2,1-2H3/t22-,25-/m1/s1. The zero-order chi connectivity index (χ0) is 22.0. The average Bonchev–Trinajstić information content (AvgIpc) is 2.77. The highest BCUT2D eigenvalue weighted by atomic mass is 79.9. The van der Waals surface area contributed by atoms with Gasteiger partial charge in [0.25, 0.3) is 0 Å². The Labute approximate surface area is 189 Å². The molecule has 3 aromatic carbocycles. The third kappa shape index (κ3) is 4.65. The number of aromatic hydroxyl groups is 1. The van der Waals surface area contributed by atoms with Gasteiger partial charge in [0.05, 0.1) is 11.1 Å². The molecule has 0 saturated heterocycles. The summed E-state index contributed by atoms with van der Waals surface area (Å²) in [5.41, 5.74) is 4.72. The normalized spacial score (nSPS) is 18.5. The summed E-state index contributed by atoms with van der Waals surface area (Å²) in [4.78, 5) is 4.94. The van der Waals surface area contributed by atoms with E-state index in [1.165, 1.54) is 11.6 Å². The largest absolute Gasteiger partial charge is 0.504 e. The summed E-state index contributed by atoms with van der Waals surface area (Å²) in [6, 6.07) is 18.5. The lowest BCUT2D eigenvalue weighted by Gasteiger charge is -2.31. The molecule has 0 unspecified atom stereocenters. The fourth-order valence-corrected chi connectivity index (χ4v) is 4.17. The van der Waals surface area contributed by atoms with Gasteiger partial charge in [-0.15, -0.1) is 0 Å². The fraction of sp³-hybridized carbons (Fsp3) is 0.240. The molecule has 2 atom stereocenters. The Hall–Kier alpha value is -2.70. The van der Waals surface area contributed by atoms with Crippen LogP contribution in [0.3, 0.4) is 0 Å². The number of aliphatic imine (C=N–C) groups is 1. The van der Waals surface area contributed by atoms with E-state index in [-0.39, 0.29) is 23.8 Å². The maximum Gasteiger partial charge on any atom is 0.162 e. The van der Waals surface area contributed by atoms with Gasteiger partial charge in [-0.1, -0.05) is 48.0 Å². The second kappa shape index (κ2) is 9.20. The molecule has 0 spiro atoms. The third-order valence-corrected chi connectivity index (χ3v) is 6.00. The molecular formula is C25H24BrFN2O2. The summed E-state index contributed by atoms with van der Waals surface area (Å²) < 4.78 is 19.8. The molecule has 0 fully saturated rings. The Bertz CT molecular complexity index is 1120. The van der Waals surface area contributed by atoms with E-state index in [9.17, 15) is 9.50 Å². The minimum absolute atomic E-state index is 0.131. The number of rotatable bonds is 5. The number of hydrogen-bond acceptors (Lipinski definition) is 4. The van der Waals surface area contributed by atoms with Crippen LogP contribution in [0.15, 0.2) is 70.1 Å². The molecule has 31 heavy (non-hydrogen) atoms. The molecule has 3 aromatic rings. The molecule has 0 bridgehead atoms. The molecule has 0 aliphatic carbocycles. The number of halogens is 2. The highest BCUT2D eigenvalue weighted by molar-refractivity contribution is 9.10. The van der Waals surface area contributed by atoms with Crippen LogP contribution in [0.4, 0.5) is 4.39 Å². The summed E-state index contributed by atoms with van der Waals surface area (Å²) in [7, 11) is 0. The van der Waals surface area contributed by atoms with Crippen LogP contribution < -0.4 is 10.1 Å². The molecule has 0 aromatic heterocycles. The first-order chi connectivity index (χ1) is 15.0. The van der Waals surface area contributed by atoms with Crippen molar-refractivity contribution in [3.63, 3.8) is 0 Å². The maximum absolute atomic E-state index is 13.8. The molecule has 1 aliphatic rings. The second-order valence-electron chi connectivity index (χ2n) is 7.57. The first kappa shape index (κ1) is 21.5. The van der Waals surface area contributed by atoms with Crippen molar-refractivity contribution in [3.05, 3.63) is 93.2 Å². The Morgan fingerprint density at radius 2 is 1.94 bits per heavy atom. The molecule has 160 valence electrons. The lowest BCUT2D eigenvalue weighted by atomic mass is 9.93. The highest BCUT2D eigenvalue weighted by Crippen LogP contribution is 2.39. The predicted octanol–water partition coefficient (Wildman–Crippen LogP) is 6.22. The number of phenols is 1. The van der Waals surface area contributed by atoms with E-state index < -0.39 is 0 Å². The first-order valence-corrected chi connectivity index (χ1v) is 11.0. The van der Waals surface area contributed by atoms with Crippen LogP contribution in [-0.2, 0) is 0 Å². The average molecular weight is 483 g/mol. The van der Waals surface area contributed by atoms with E-state index >= 15 is 0 Å². The second-order valence-corrected chi connectivity index (χ2v) is 8.42. The van der Waals surface area contributed by atoms with Crippen molar-refractivity contribution in [1.82, 2.24) is 5.32 Å². The van der Waals surface area contributed by atoms with E-state index in [1.807, 2.05) is 26.0 Å². The summed E-state index contributed by atoms with van der Waals surface area (Å²) in [5.74, 6) is 0.272. The smallest absolute Gasteiger partial charge is 0.162 e. The summed E-state index contributed by atoms with van der Waals surface area (Å²) >= 11 is 3.27. The van der Waals surface area contributed by atoms with Gasteiger partial charge in [0.1, 0.15) is 12.0 Å². The molecule has 4 rings (SSSR count). The van der Waals surface area contributed by atoms with Crippen LogP contribution in [0.25, 0.3) is 0 Å². The van der Waals surface area contributed by atoms with Gasteiger partial charge in [0, 0.05) is 23.7 Å². The monoisotopic (exact) mass is 482 g/mol. The van der Waals surface area contributed by atoms with Gasteiger partial charge >= 0.3 is 0 Å². The molecule has 4 nitrogen and oxygen atoms in total. The van der Waals surface area contributed by atoms with Crippen molar-refractivity contribution in [2.24, 2.45) is 4.99 Å². The van der Waals surface area contributed by atoms with Crippen LogP contribution in [0.2, 0.25) is 0 Å². The zero-order valence-corrected chi connectivity index (χ0v) is 19.0. The number of phenolic OH excluding ortho intramolecular Hbond substituents is 1. The van der Waals surface area contributed by atoms with Crippen molar-refractivity contribution < 1.29 is 14.2 Å². The fourth-order valence-electron chi connectivity index (χ4n) is 3.77. The van der Waals surface area contributed by atoms with Gasteiger partial charge in [0.2, 0.25) is 0 Å². The van der Waals surface area contributed by atoms with Crippen LogP contribution in [0, 0.1) is 12.7 Å². The van der Waals surface area contributed by atoms with Crippen molar-refractivity contribution in [2.45, 2.75) is 32.5 Å². The van der Waals surface area contributed by atoms with Gasteiger partial charge in [0.15, 0.2) is 11.5 Å². The number of nitrogens with one attached hydrogen (secondary N) is 1. The zero-order valence-electron chi connectivity index (χ0n) is 17.4. The lowest BCUT2D eigenvalue weighted by Crippen LogP contribution is -2.33. The topological polar surface area (TPSA) is 53.8 Å². The van der Waals surface area contributed by atoms with Gasteiger partial charge in [-0.2, -0.15) is 0 Å². The Balaban J connectivity index is 1.76. The van der Waals surface area contributed by atoms with Crippen LogP contribution in [0.5, 0.6) is 11.5 Å². The van der Waals surface area contributed by atoms with Crippen molar-refractivity contribution in [2.75, 3.05) is 6.61 Å². The Kier molecular flexibility index (Phi) is 6.39. The molecular weight excluding hydrogens is 459 g/mol. The molecule has 1 heterocycles. The Morgan fingerprint density at radius 3 is 2.65 bits per heavy atom. The number of hydrogen-bond donors (Lipinski definition) is 2. The minimum Gasteiger partial charge on any atom is -0.504 e. The summed E-state index contributed by atoms with van der Waals surface area (Å²) in [6.45, 7) is 4.40. The number of ether oxygens (including phenoxy) is 1. The molecule has 1 aliphatic heterocycles. The minimum atomic E-state index is -0.387. The Morgan fingerprint density at radius 1 is 1.16 bits per heavy atom. The summed E-state index contributed by atoms with van der Waals surface area (Å²) in [6.07, 6.45) is 0.215. The number of aryl methyl sites for hydroxylation is 1. The van der Waals surface area contributed by atoms with Crippen molar-refractivity contribution in [3.8, 4) is 11.5 Å². The van der Waals surface area contributed by atoms with Crippen LogP contribution in [-0.4, -0.2) is 17.4 Å². The lowest BCUT2D eigenvalue weighted by molar-refractivity contribution is 0.313. The molecule has 6 heteroatoms. The van der Waals surface area contributed by atoms with E-state index in [0.717, 1.165) is 22.4 Å². The van der Waals surface area contributed by atoms with Gasteiger partial charge < -0.3 is 9.84 Å². The molecule has 2 N–H and O–H groups in total. The van der Waals surface area contributed by atoms with Gasteiger partial charge in [-0.05, 0) is 59.1 Å². The van der Waals surface area contributed by atoms with Gasteiger partial charge in [-0.25, -0.2) is 4.39 Å². The van der Waals surface area contributed by atoms with Crippen LogP contribution >= 0.6 is 15.9 Å². The van der Waals surface area contributed by atoms with Crippen molar-refractivity contribution in [1.29, 1.82) is 0 Å². The van der Waals surface area contributed by atoms with E-state index in [2.05, 4.69) is 45.5 Å². The molecule has 0 radical (unpaired) electrons. The quantitative estimate of drug-likeness (QED) is 0.453. The first-order valence-electron chi connectivity index (χ1n) is 10.3. The van der Waals surface area contributed by atoms with E-state index in [4.69, 9.17) is 9.73 Å². The van der Waals surface area contributed by atoms with Crippen LogP contribution in [0.1, 0.15) is 47.8 Å².